The predicted molar refractivity (Wildman–Crippen MR) is 122 cm³/mol. The highest BCUT2D eigenvalue weighted by Crippen LogP contribution is 2.30. The summed E-state index contributed by atoms with van der Waals surface area (Å²) in [4.78, 5) is 7.12. The van der Waals surface area contributed by atoms with E-state index in [4.69, 9.17) is 14.5 Å². The fourth-order valence-electron chi connectivity index (χ4n) is 4.09. The van der Waals surface area contributed by atoms with Crippen molar-refractivity contribution in [3.05, 3.63) is 59.9 Å². The second-order valence-corrected chi connectivity index (χ2v) is 7.86. The summed E-state index contributed by atoms with van der Waals surface area (Å²) >= 11 is 0. The van der Waals surface area contributed by atoms with Gasteiger partial charge in [0.15, 0.2) is 11.5 Å². The highest BCUT2D eigenvalue weighted by atomic mass is 19.1. The Kier molecular flexibility index (Phi) is 6.87. The van der Waals surface area contributed by atoms with Crippen LogP contribution in [0.1, 0.15) is 32.3 Å². The molecule has 6 heteroatoms. The monoisotopic (exact) mass is 423 g/mol. The molecule has 1 aliphatic heterocycles. The van der Waals surface area contributed by atoms with Gasteiger partial charge in [-0.15, -0.1) is 0 Å². The first-order valence-corrected chi connectivity index (χ1v) is 11.1. The molecule has 0 unspecified atom stereocenters. The molecule has 1 N–H and O–H groups in total. The van der Waals surface area contributed by atoms with Gasteiger partial charge >= 0.3 is 0 Å². The van der Waals surface area contributed by atoms with Crippen molar-refractivity contribution >= 4 is 16.7 Å². The summed E-state index contributed by atoms with van der Waals surface area (Å²) < 4.78 is 25.4. The number of aromatic nitrogens is 1. The molecule has 1 aliphatic rings. The lowest BCUT2D eigenvalue weighted by molar-refractivity contribution is 0.210. The van der Waals surface area contributed by atoms with Crippen LogP contribution in [0.25, 0.3) is 10.9 Å². The number of para-hydroxylation sites is 1. The Morgan fingerprint density at radius 3 is 2.35 bits per heavy atom. The maximum Gasteiger partial charge on any atom is 0.206 e. The zero-order valence-electron chi connectivity index (χ0n) is 18.2. The quantitative estimate of drug-likeness (QED) is 0.536. The summed E-state index contributed by atoms with van der Waals surface area (Å²) in [5.74, 6) is 1.04. The molecule has 0 saturated carbocycles. The Balaban J connectivity index is 1.36. The number of piperidine rings is 1. The Labute approximate surface area is 183 Å². The van der Waals surface area contributed by atoms with Crippen LogP contribution in [-0.2, 0) is 6.54 Å². The van der Waals surface area contributed by atoms with Crippen molar-refractivity contribution in [3.63, 3.8) is 0 Å². The van der Waals surface area contributed by atoms with E-state index in [-0.39, 0.29) is 11.5 Å². The van der Waals surface area contributed by atoms with Crippen LogP contribution in [0, 0.1) is 5.82 Å². The van der Waals surface area contributed by atoms with Gasteiger partial charge < -0.3 is 14.8 Å². The molecule has 0 bridgehead atoms. The van der Waals surface area contributed by atoms with Crippen LogP contribution >= 0.6 is 0 Å². The molecule has 0 amide bonds. The van der Waals surface area contributed by atoms with Crippen LogP contribution < -0.4 is 14.8 Å². The zero-order chi connectivity index (χ0) is 21.6. The molecule has 0 aliphatic carbocycles. The van der Waals surface area contributed by atoms with E-state index in [1.165, 1.54) is 0 Å². The van der Waals surface area contributed by atoms with Gasteiger partial charge in [-0.3, -0.25) is 4.90 Å². The standard InChI is InChI=1S/C25H30FN3O2/c1-3-30-22-15-18(16-23(25(22)26)31-4-2)17-29-13-11-20(12-14-29)27-24-10-9-19-7-5-6-8-21(19)28-24/h5-10,15-16,20H,3-4,11-14,17H2,1-2H3,(H,27,28). The van der Waals surface area contributed by atoms with E-state index >= 15 is 0 Å². The van der Waals surface area contributed by atoms with E-state index in [0.717, 1.165) is 54.8 Å². The molecule has 0 radical (unpaired) electrons. The third-order valence-electron chi connectivity index (χ3n) is 5.61. The molecular weight excluding hydrogens is 393 g/mol. The summed E-state index contributed by atoms with van der Waals surface area (Å²) in [5.41, 5.74) is 2.02. The fourth-order valence-corrected chi connectivity index (χ4v) is 4.09. The third-order valence-corrected chi connectivity index (χ3v) is 5.61. The van der Waals surface area contributed by atoms with Crippen molar-refractivity contribution in [1.82, 2.24) is 9.88 Å². The Bertz CT molecular complexity index is 992. The molecule has 1 fully saturated rings. The lowest BCUT2D eigenvalue weighted by Gasteiger charge is -2.32. The van der Waals surface area contributed by atoms with Crippen molar-refractivity contribution in [2.24, 2.45) is 0 Å². The number of anilines is 1. The minimum Gasteiger partial charge on any atom is -0.491 e. The molecule has 4 rings (SSSR count). The van der Waals surface area contributed by atoms with E-state index in [1.54, 1.807) is 12.1 Å². The topological polar surface area (TPSA) is 46.6 Å². The Hall–Kier alpha value is -2.86. The number of ether oxygens (including phenoxy) is 2. The molecule has 2 aromatic carbocycles. The first-order chi connectivity index (χ1) is 15.2. The van der Waals surface area contributed by atoms with Crippen LogP contribution in [-0.4, -0.2) is 42.2 Å². The van der Waals surface area contributed by atoms with Crippen molar-refractivity contribution in [2.75, 3.05) is 31.6 Å². The van der Waals surface area contributed by atoms with Crippen molar-refractivity contribution in [3.8, 4) is 11.5 Å². The SMILES string of the molecule is CCOc1cc(CN2CCC(Nc3ccc4ccccc4n3)CC2)cc(OCC)c1F. The summed E-state index contributed by atoms with van der Waals surface area (Å²) in [6, 6.07) is 16.3. The fraction of sp³-hybridized carbons (Fsp3) is 0.400. The van der Waals surface area contributed by atoms with Gasteiger partial charge in [0.2, 0.25) is 5.82 Å². The second-order valence-electron chi connectivity index (χ2n) is 7.86. The molecule has 31 heavy (non-hydrogen) atoms. The largest absolute Gasteiger partial charge is 0.491 e. The minimum absolute atomic E-state index is 0.266. The number of halogens is 1. The molecule has 164 valence electrons. The number of benzene rings is 2. The Morgan fingerprint density at radius 1 is 1.00 bits per heavy atom. The molecule has 0 atom stereocenters. The van der Waals surface area contributed by atoms with Gasteiger partial charge in [-0.25, -0.2) is 4.98 Å². The van der Waals surface area contributed by atoms with E-state index in [0.29, 0.717) is 19.3 Å². The molecule has 1 aromatic heterocycles. The number of hydrogen-bond acceptors (Lipinski definition) is 5. The van der Waals surface area contributed by atoms with Crippen LogP contribution in [0.5, 0.6) is 11.5 Å². The number of pyridine rings is 1. The van der Waals surface area contributed by atoms with Crippen molar-refractivity contribution in [1.29, 1.82) is 0 Å². The lowest BCUT2D eigenvalue weighted by Crippen LogP contribution is -2.38. The minimum atomic E-state index is -0.418. The molecule has 0 spiro atoms. The number of hydrogen-bond donors (Lipinski definition) is 1. The van der Waals surface area contributed by atoms with Crippen LogP contribution in [0.2, 0.25) is 0 Å². The summed E-state index contributed by atoms with van der Waals surface area (Å²) in [7, 11) is 0. The van der Waals surface area contributed by atoms with Crippen LogP contribution in [0.4, 0.5) is 10.2 Å². The zero-order valence-corrected chi connectivity index (χ0v) is 18.2. The first kappa shape index (κ1) is 21.4. The summed E-state index contributed by atoms with van der Waals surface area (Å²) in [5, 5.41) is 4.74. The van der Waals surface area contributed by atoms with Gasteiger partial charge in [0.25, 0.3) is 0 Å². The van der Waals surface area contributed by atoms with Crippen molar-refractivity contribution < 1.29 is 13.9 Å². The lowest BCUT2D eigenvalue weighted by atomic mass is 10.0. The first-order valence-electron chi connectivity index (χ1n) is 11.1. The number of nitrogens with one attached hydrogen (secondary N) is 1. The number of fused-ring (bicyclic) bond motifs is 1. The van der Waals surface area contributed by atoms with Gasteiger partial charge in [0.05, 0.1) is 18.7 Å². The molecular formula is C25H30FN3O2. The maximum absolute atomic E-state index is 14.5. The van der Waals surface area contributed by atoms with E-state index < -0.39 is 5.82 Å². The van der Waals surface area contributed by atoms with Crippen molar-refractivity contribution in [2.45, 2.75) is 39.3 Å². The van der Waals surface area contributed by atoms with Gasteiger partial charge in [-0.2, -0.15) is 4.39 Å². The van der Waals surface area contributed by atoms with Gasteiger partial charge in [0, 0.05) is 31.1 Å². The second kappa shape index (κ2) is 9.96. The van der Waals surface area contributed by atoms with E-state index in [9.17, 15) is 4.39 Å². The van der Waals surface area contributed by atoms with E-state index in [2.05, 4.69) is 28.4 Å². The Morgan fingerprint density at radius 2 is 1.68 bits per heavy atom. The molecule has 5 nitrogen and oxygen atoms in total. The predicted octanol–water partition coefficient (Wildman–Crippen LogP) is 5.25. The smallest absolute Gasteiger partial charge is 0.206 e. The summed E-state index contributed by atoms with van der Waals surface area (Å²) in [6.07, 6.45) is 2.07. The molecule has 2 heterocycles. The number of nitrogens with zero attached hydrogens (tertiary/aromatic N) is 2. The molecule has 1 saturated heterocycles. The average Bonchev–Trinajstić information content (AvgIpc) is 2.78. The number of likely N-dealkylation sites (tertiary alicyclic amines) is 1. The number of rotatable bonds is 8. The van der Waals surface area contributed by atoms with E-state index in [1.807, 2.05) is 32.0 Å². The summed E-state index contributed by atoms with van der Waals surface area (Å²) in [6.45, 7) is 7.25. The van der Waals surface area contributed by atoms with Gasteiger partial charge in [-0.1, -0.05) is 18.2 Å². The highest BCUT2D eigenvalue weighted by Gasteiger charge is 2.21. The van der Waals surface area contributed by atoms with Crippen LogP contribution in [0.3, 0.4) is 0 Å². The maximum atomic E-state index is 14.5. The normalized spacial score (nSPS) is 15.2. The average molecular weight is 424 g/mol. The van der Waals surface area contributed by atoms with Crippen LogP contribution in [0.15, 0.2) is 48.5 Å². The highest BCUT2D eigenvalue weighted by molar-refractivity contribution is 5.80. The van der Waals surface area contributed by atoms with Gasteiger partial charge in [-0.05, 0) is 62.6 Å². The molecule has 3 aromatic rings. The van der Waals surface area contributed by atoms with Gasteiger partial charge in [0.1, 0.15) is 5.82 Å². The third kappa shape index (κ3) is 5.25.